The van der Waals surface area contributed by atoms with Crippen molar-refractivity contribution >= 4 is 5.82 Å². The molecule has 0 bridgehead atoms. The molecule has 0 N–H and O–H groups in total. The van der Waals surface area contributed by atoms with Gasteiger partial charge in [-0.25, -0.2) is 4.98 Å². The molecule has 130 valence electrons. The van der Waals surface area contributed by atoms with Gasteiger partial charge in [-0.2, -0.15) is 10.2 Å². The lowest BCUT2D eigenvalue weighted by molar-refractivity contribution is 0.177. The Morgan fingerprint density at radius 3 is 2.76 bits per heavy atom. The van der Waals surface area contributed by atoms with Crippen molar-refractivity contribution in [1.29, 1.82) is 5.26 Å². The summed E-state index contributed by atoms with van der Waals surface area (Å²) in [6.45, 7) is 6.29. The maximum absolute atomic E-state index is 9.56. The van der Waals surface area contributed by atoms with E-state index in [4.69, 9.17) is 4.52 Å². The predicted molar refractivity (Wildman–Crippen MR) is 92.3 cm³/mol. The van der Waals surface area contributed by atoms with E-state index in [0.717, 1.165) is 48.8 Å². The fourth-order valence-electron chi connectivity index (χ4n) is 3.41. The van der Waals surface area contributed by atoms with Crippen molar-refractivity contribution in [2.24, 2.45) is 0 Å². The highest BCUT2D eigenvalue weighted by Gasteiger charge is 2.34. The molecule has 0 aromatic carbocycles. The van der Waals surface area contributed by atoms with Crippen molar-refractivity contribution in [2.45, 2.75) is 38.6 Å². The first-order valence-corrected chi connectivity index (χ1v) is 8.74. The smallest absolute Gasteiger partial charge is 0.245 e. The van der Waals surface area contributed by atoms with Crippen molar-refractivity contribution in [3.05, 3.63) is 34.6 Å². The zero-order valence-corrected chi connectivity index (χ0v) is 14.9. The summed E-state index contributed by atoms with van der Waals surface area (Å²) >= 11 is 0. The zero-order chi connectivity index (χ0) is 17.6. The number of aryl methyl sites for hydroxylation is 2. The van der Waals surface area contributed by atoms with Crippen molar-refractivity contribution in [3.8, 4) is 6.07 Å². The van der Waals surface area contributed by atoms with Crippen molar-refractivity contribution in [3.63, 3.8) is 0 Å². The molecule has 4 rings (SSSR count). The maximum Gasteiger partial charge on any atom is 0.245 e. The topological polar surface area (TPSA) is 82.1 Å². The molecule has 0 spiro atoms. The van der Waals surface area contributed by atoms with E-state index in [1.165, 1.54) is 0 Å². The molecule has 2 fully saturated rings. The molecule has 2 aromatic heterocycles. The SMILES string of the molecule is Cc1cc(C)c(C#N)c(N2CCN(C)[C@@H](c3nc(C4CC4)no3)C2)n1. The molecule has 1 saturated heterocycles. The lowest BCUT2D eigenvalue weighted by Gasteiger charge is -2.38. The molecule has 3 heterocycles. The van der Waals surface area contributed by atoms with E-state index >= 15 is 0 Å². The number of nitrogens with zero attached hydrogens (tertiary/aromatic N) is 6. The molecule has 1 atom stereocenters. The van der Waals surface area contributed by atoms with Crippen LogP contribution in [0.4, 0.5) is 5.82 Å². The van der Waals surface area contributed by atoms with Gasteiger partial charge in [0.05, 0.1) is 5.56 Å². The third kappa shape index (κ3) is 2.98. The molecule has 7 nitrogen and oxygen atoms in total. The third-order valence-electron chi connectivity index (χ3n) is 5.07. The molecular weight excluding hydrogens is 316 g/mol. The minimum atomic E-state index is 0.0166. The summed E-state index contributed by atoms with van der Waals surface area (Å²) in [6.07, 6.45) is 2.31. The van der Waals surface area contributed by atoms with Gasteiger partial charge in [0.2, 0.25) is 5.89 Å². The van der Waals surface area contributed by atoms with Crippen LogP contribution in [0.3, 0.4) is 0 Å². The van der Waals surface area contributed by atoms with Crippen LogP contribution >= 0.6 is 0 Å². The third-order valence-corrected chi connectivity index (χ3v) is 5.07. The predicted octanol–water partition coefficient (Wildman–Crippen LogP) is 2.32. The largest absolute Gasteiger partial charge is 0.352 e. The Kier molecular flexibility index (Phi) is 3.92. The van der Waals surface area contributed by atoms with Gasteiger partial charge in [0, 0.05) is 31.2 Å². The first kappa shape index (κ1) is 16.0. The number of hydrogen-bond donors (Lipinski definition) is 0. The van der Waals surface area contributed by atoms with Crippen LogP contribution in [0.25, 0.3) is 0 Å². The van der Waals surface area contributed by atoms with Gasteiger partial charge < -0.3 is 9.42 Å². The normalized spacial score (nSPS) is 21.4. The Morgan fingerprint density at radius 2 is 2.04 bits per heavy atom. The Labute approximate surface area is 147 Å². The summed E-state index contributed by atoms with van der Waals surface area (Å²) < 4.78 is 5.55. The highest BCUT2D eigenvalue weighted by atomic mass is 16.5. The highest BCUT2D eigenvalue weighted by Crippen LogP contribution is 2.39. The monoisotopic (exact) mass is 338 g/mol. The van der Waals surface area contributed by atoms with E-state index in [9.17, 15) is 5.26 Å². The van der Waals surface area contributed by atoms with E-state index in [1.54, 1.807) is 0 Å². The summed E-state index contributed by atoms with van der Waals surface area (Å²) in [7, 11) is 2.07. The molecule has 0 amide bonds. The fourth-order valence-corrected chi connectivity index (χ4v) is 3.41. The van der Waals surface area contributed by atoms with Crippen molar-refractivity contribution < 1.29 is 4.52 Å². The van der Waals surface area contributed by atoms with Crippen LogP contribution in [-0.2, 0) is 0 Å². The van der Waals surface area contributed by atoms with Gasteiger partial charge in [0.25, 0.3) is 0 Å². The summed E-state index contributed by atoms with van der Waals surface area (Å²) in [5.41, 5.74) is 2.54. The van der Waals surface area contributed by atoms with E-state index in [-0.39, 0.29) is 6.04 Å². The van der Waals surface area contributed by atoms with E-state index in [1.807, 2.05) is 19.9 Å². The van der Waals surface area contributed by atoms with Gasteiger partial charge in [-0.1, -0.05) is 5.16 Å². The molecule has 2 aromatic rings. The Hall–Kier alpha value is -2.46. The second-order valence-corrected chi connectivity index (χ2v) is 7.10. The number of aromatic nitrogens is 3. The number of anilines is 1. The first-order valence-electron chi connectivity index (χ1n) is 8.74. The van der Waals surface area contributed by atoms with Gasteiger partial charge in [0.15, 0.2) is 5.82 Å². The van der Waals surface area contributed by atoms with Crippen LogP contribution in [0.5, 0.6) is 0 Å². The number of likely N-dealkylation sites (N-methyl/N-ethyl adjacent to an activating group) is 1. The maximum atomic E-state index is 9.56. The van der Waals surface area contributed by atoms with Gasteiger partial charge in [-0.05, 0) is 45.4 Å². The molecule has 25 heavy (non-hydrogen) atoms. The summed E-state index contributed by atoms with van der Waals surface area (Å²) in [4.78, 5) is 13.7. The number of rotatable bonds is 3. The number of nitriles is 1. The van der Waals surface area contributed by atoms with E-state index in [0.29, 0.717) is 23.9 Å². The van der Waals surface area contributed by atoms with Crippen molar-refractivity contribution in [2.75, 3.05) is 31.6 Å². The van der Waals surface area contributed by atoms with Crippen LogP contribution in [0.1, 0.15) is 53.3 Å². The molecule has 1 saturated carbocycles. The minimum absolute atomic E-state index is 0.0166. The Morgan fingerprint density at radius 1 is 1.24 bits per heavy atom. The van der Waals surface area contributed by atoms with Gasteiger partial charge >= 0.3 is 0 Å². The standard InChI is InChI=1S/C18H22N6O/c1-11-8-12(2)20-17(14(11)9-19)24-7-6-23(3)15(10-24)18-21-16(22-25-18)13-4-5-13/h8,13,15H,4-7,10H2,1-3H3/t15-/m1/s1. The number of hydrogen-bond acceptors (Lipinski definition) is 7. The molecular formula is C18H22N6O. The first-order chi connectivity index (χ1) is 12.1. The van der Waals surface area contributed by atoms with Crippen molar-refractivity contribution in [1.82, 2.24) is 20.0 Å². The molecule has 1 aliphatic heterocycles. The van der Waals surface area contributed by atoms with Crippen LogP contribution in [-0.4, -0.2) is 46.7 Å². The van der Waals surface area contributed by atoms with Gasteiger partial charge in [-0.15, -0.1) is 0 Å². The van der Waals surface area contributed by atoms with Gasteiger partial charge in [-0.3, -0.25) is 4.90 Å². The molecule has 2 aliphatic rings. The summed E-state index contributed by atoms with van der Waals surface area (Å²) in [5, 5.41) is 13.7. The molecule has 1 aliphatic carbocycles. The Balaban J connectivity index is 1.63. The fraction of sp³-hybridized carbons (Fsp3) is 0.556. The van der Waals surface area contributed by atoms with E-state index in [2.05, 4.69) is 38.0 Å². The van der Waals surface area contributed by atoms with E-state index < -0.39 is 0 Å². The second-order valence-electron chi connectivity index (χ2n) is 7.10. The second kappa shape index (κ2) is 6.12. The van der Waals surface area contributed by atoms with Crippen LogP contribution in [0.15, 0.2) is 10.6 Å². The summed E-state index contributed by atoms with van der Waals surface area (Å²) in [5.74, 6) is 2.74. The van der Waals surface area contributed by atoms with Gasteiger partial charge in [0.1, 0.15) is 17.9 Å². The number of piperazine rings is 1. The lowest BCUT2D eigenvalue weighted by atomic mass is 10.1. The summed E-state index contributed by atoms with van der Waals surface area (Å²) in [6, 6.07) is 4.28. The van der Waals surface area contributed by atoms with Crippen LogP contribution in [0, 0.1) is 25.2 Å². The molecule has 0 unspecified atom stereocenters. The van der Waals surface area contributed by atoms with Crippen LogP contribution in [0.2, 0.25) is 0 Å². The Bertz CT molecular complexity index is 835. The quantitative estimate of drug-likeness (QED) is 0.849. The molecule has 7 heteroatoms. The highest BCUT2D eigenvalue weighted by molar-refractivity contribution is 5.58. The lowest BCUT2D eigenvalue weighted by Crippen LogP contribution is -2.47. The minimum Gasteiger partial charge on any atom is -0.352 e. The average Bonchev–Trinajstić information content (AvgIpc) is 3.32. The average molecular weight is 338 g/mol. The number of pyridine rings is 1. The molecule has 0 radical (unpaired) electrons. The zero-order valence-electron chi connectivity index (χ0n) is 14.9. The van der Waals surface area contributed by atoms with Crippen LogP contribution < -0.4 is 4.90 Å².